The van der Waals surface area contributed by atoms with Crippen LogP contribution in [0.5, 0.6) is 0 Å². The highest BCUT2D eigenvalue weighted by molar-refractivity contribution is 6.17. The minimum atomic E-state index is 0.202. The highest BCUT2D eigenvalue weighted by Gasteiger charge is 2.30. The van der Waals surface area contributed by atoms with Gasteiger partial charge < -0.3 is 9.47 Å². The molecule has 1 aromatic carbocycles. The molecule has 5 heteroatoms. The maximum atomic E-state index is 12.4. The van der Waals surface area contributed by atoms with Crippen molar-refractivity contribution in [3.05, 3.63) is 40.6 Å². The van der Waals surface area contributed by atoms with Gasteiger partial charge in [-0.2, -0.15) is 0 Å². The van der Waals surface area contributed by atoms with Crippen molar-refractivity contribution >= 4 is 33.5 Å². The maximum absolute atomic E-state index is 12.4. The Hall–Kier alpha value is -2.53. The quantitative estimate of drug-likeness (QED) is 0.656. The SMILES string of the molecule is O=C1CCc2c1ccc1c2c2c3c(cnc2n1CCN1CCCCCC1)C(=O)CC3. The molecule has 0 bridgehead atoms. The zero-order valence-electron chi connectivity index (χ0n) is 17.4. The van der Waals surface area contributed by atoms with Gasteiger partial charge in [0.25, 0.3) is 0 Å². The largest absolute Gasteiger partial charge is 0.324 e. The van der Waals surface area contributed by atoms with Gasteiger partial charge in [-0.05, 0) is 62.0 Å². The molecular weight excluding hydrogens is 374 g/mol. The van der Waals surface area contributed by atoms with Crippen LogP contribution in [0.25, 0.3) is 21.9 Å². The lowest BCUT2D eigenvalue weighted by Gasteiger charge is -2.20. The first kappa shape index (κ1) is 18.3. The number of likely N-dealkylation sites (tertiary alicyclic amines) is 1. The van der Waals surface area contributed by atoms with Gasteiger partial charge in [-0.3, -0.25) is 9.59 Å². The summed E-state index contributed by atoms with van der Waals surface area (Å²) in [6.07, 6.45) is 9.81. The average molecular weight is 402 g/mol. The first-order chi connectivity index (χ1) is 14.7. The zero-order chi connectivity index (χ0) is 20.2. The number of hydrogen-bond acceptors (Lipinski definition) is 4. The van der Waals surface area contributed by atoms with Crippen molar-refractivity contribution in [3.8, 4) is 0 Å². The van der Waals surface area contributed by atoms with Crippen molar-refractivity contribution in [2.24, 2.45) is 0 Å². The number of carbonyl (C=O) groups excluding carboxylic acids is 2. The lowest BCUT2D eigenvalue weighted by atomic mass is 9.99. The number of hydrogen-bond donors (Lipinski definition) is 0. The Morgan fingerprint density at radius 2 is 1.47 bits per heavy atom. The lowest BCUT2D eigenvalue weighted by Crippen LogP contribution is -2.28. The Kier molecular flexibility index (Phi) is 4.27. The molecule has 1 saturated heterocycles. The maximum Gasteiger partial charge on any atom is 0.165 e. The summed E-state index contributed by atoms with van der Waals surface area (Å²) in [7, 11) is 0. The van der Waals surface area contributed by atoms with Crippen LogP contribution < -0.4 is 0 Å². The van der Waals surface area contributed by atoms with Crippen molar-refractivity contribution in [2.75, 3.05) is 19.6 Å². The summed E-state index contributed by atoms with van der Waals surface area (Å²) in [6.45, 7) is 4.27. The summed E-state index contributed by atoms with van der Waals surface area (Å²) < 4.78 is 2.35. The molecule has 0 amide bonds. The second-order valence-electron chi connectivity index (χ2n) is 9.09. The van der Waals surface area contributed by atoms with Crippen LogP contribution in [0.2, 0.25) is 0 Å². The standard InChI is InChI=1S/C25H27N3O2/c29-21-9-6-17-16(21)5-8-20-23(17)24-18-7-10-22(30)19(18)15-26-25(24)28(20)14-13-27-11-3-1-2-4-12-27/h5,8,15H,1-4,6-7,9-14H2. The van der Waals surface area contributed by atoms with E-state index in [4.69, 9.17) is 4.98 Å². The van der Waals surface area contributed by atoms with Crippen molar-refractivity contribution in [1.82, 2.24) is 14.5 Å². The normalized spacial score (nSPS) is 19.6. The fraction of sp³-hybridized carbons (Fsp3) is 0.480. The predicted octanol–water partition coefficient (Wildman–Crippen LogP) is 4.32. The summed E-state index contributed by atoms with van der Waals surface area (Å²) in [6, 6.07) is 4.13. The molecule has 0 N–H and O–H groups in total. The number of aromatic nitrogens is 2. The molecule has 1 fully saturated rings. The predicted molar refractivity (Wildman–Crippen MR) is 117 cm³/mol. The number of Topliss-reactive ketones (excluding diaryl/α,β-unsaturated/α-hetero) is 2. The van der Waals surface area contributed by atoms with Crippen molar-refractivity contribution < 1.29 is 9.59 Å². The summed E-state index contributed by atoms with van der Waals surface area (Å²) in [5.41, 5.74) is 6.14. The molecule has 2 aliphatic carbocycles. The first-order valence-corrected chi connectivity index (χ1v) is 11.5. The van der Waals surface area contributed by atoms with Crippen LogP contribution in [-0.4, -0.2) is 45.7 Å². The van der Waals surface area contributed by atoms with E-state index in [1.807, 2.05) is 6.07 Å². The fourth-order valence-electron chi connectivity index (χ4n) is 5.85. The second-order valence-corrected chi connectivity index (χ2v) is 9.09. The topological polar surface area (TPSA) is 55.2 Å². The number of pyridine rings is 1. The summed E-state index contributed by atoms with van der Waals surface area (Å²) >= 11 is 0. The summed E-state index contributed by atoms with van der Waals surface area (Å²) in [5, 5.41) is 2.32. The van der Waals surface area contributed by atoms with Gasteiger partial charge in [0.05, 0.1) is 5.52 Å². The molecule has 6 rings (SSSR count). The highest BCUT2D eigenvalue weighted by Crippen LogP contribution is 2.40. The molecule has 2 aromatic heterocycles. The van der Waals surface area contributed by atoms with Crippen LogP contribution in [0, 0.1) is 0 Å². The molecule has 154 valence electrons. The van der Waals surface area contributed by atoms with Gasteiger partial charge in [0.15, 0.2) is 11.6 Å². The molecule has 3 aliphatic rings. The minimum absolute atomic E-state index is 0.202. The highest BCUT2D eigenvalue weighted by atomic mass is 16.1. The third kappa shape index (κ3) is 2.68. The molecule has 5 nitrogen and oxygen atoms in total. The second kappa shape index (κ2) is 7.02. The van der Waals surface area contributed by atoms with Gasteiger partial charge in [-0.15, -0.1) is 0 Å². The van der Waals surface area contributed by atoms with E-state index in [1.54, 1.807) is 6.20 Å². The van der Waals surface area contributed by atoms with Crippen LogP contribution in [0.15, 0.2) is 18.3 Å². The minimum Gasteiger partial charge on any atom is -0.324 e. The van der Waals surface area contributed by atoms with E-state index in [2.05, 4.69) is 15.5 Å². The van der Waals surface area contributed by atoms with Gasteiger partial charge in [0.1, 0.15) is 5.65 Å². The lowest BCUT2D eigenvalue weighted by molar-refractivity contribution is 0.0986. The van der Waals surface area contributed by atoms with Crippen LogP contribution >= 0.6 is 0 Å². The number of aryl methyl sites for hydroxylation is 2. The fourth-order valence-corrected chi connectivity index (χ4v) is 5.85. The smallest absolute Gasteiger partial charge is 0.165 e. The van der Waals surface area contributed by atoms with Gasteiger partial charge in [-0.25, -0.2) is 4.98 Å². The average Bonchev–Trinajstić information content (AvgIpc) is 3.33. The zero-order valence-corrected chi connectivity index (χ0v) is 17.4. The van der Waals surface area contributed by atoms with Crippen LogP contribution in [-0.2, 0) is 19.4 Å². The third-order valence-electron chi connectivity index (χ3n) is 7.40. The molecule has 30 heavy (non-hydrogen) atoms. The third-order valence-corrected chi connectivity index (χ3v) is 7.40. The van der Waals surface area contributed by atoms with Crippen LogP contribution in [0.4, 0.5) is 0 Å². The van der Waals surface area contributed by atoms with Gasteiger partial charge >= 0.3 is 0 Å². The molecule has 0 saturated carbocycles. The number of nitrogens with zero attached hydrogens (tertiary/aromatic N) is 3. The summed E-state index contributed by atoms with van der Waals surface area (Å²) in [4.78, 5) is 32.2. The Bertz CT molecular complexity index is 1120. The van der Waals surface area contributed by atoms with E-state index in [0.29, 0.717) is 12.8 Å². The monoisotopic (exact) mass is 401 g/mol. The van der Waals surface area contributed by atoms with Crippen molar-refractivity contribution in [2.45, 2.75) is 57.9 Å². The molecule has 3 heterocycles. The van der Waals surface area contributed by atoms with Crippen molar-refractivity contribution in [3.63, 3.8) is 0 Å². The number of carbonyl (C=O) groups is 2. The number of ketones is 2. The van der Waals surface area contributed by atoms with E-state index in [9.17, 15) is 9.59 Å². The van der Waals surface area contributed by atoms with E-state index in [-0.39, 0.29) is 11.6 Å². The number of benzene rings is 1. The molecular formula is C25H27N3O2. The van der Waals surface area contributed by atoms with Crippen LogP contribution in [0.3, 0.4) is 0 Å². The molecule has 0 spiro atoms. The van der Waals surface area contributed by atoms with E-state index in [0.717, 1.165) is 53.7 Å². The van der Waals surface area contributed by atoms with E-state index in [1.165, 1.54) is 55.2 Å². The van der Waals surface area contributed by atoms with Gasteiger partial charge in [0, 0.05) is 54.0 Å². The number of fused-ring (bicyclic) bond motifs is 7. The molecule has 3 aromatic rings. The van der Waals surface area contributed by atoms with E-state index < -0.39 is 0 Å². The Morgan fingerprint density at radius 3 is 2.23 bits per heavy atom. The van der Waals surface area contributed by atoms with Gasteiger partial charge in [0.2, 0.25) is 0 Å². The Labute approximate surface area is 176 Å². The Balaban J connectivity index is 1.53. The molecule has 0 atom stereocenters. The van der Waals surface area contributed by atoms with Gasteiger partial charge in [-0.1, -0.05) is 12.8 Å². The molecule has 1 aliphatic heterocycles. The Morgan fingerprint density at radius 1 is 0.767 bits per heavy atom. The number of rotatable bonds is 3. The van der Waals surface area contributed by atoms with Crippen LogP contribution in [0.1, 0.15) is 70.4 Å². The first-order valence-electron chi connectivity index (χ1n) is 11.5. The van der Waals surface area contributed by atoms with Crippen molar-refractivity contribution in [1.29, 1.82) is 0 Å². The molecule has 0 unspecified atom stereocenters. The molecule has 0 radical (unpaired) electrons. The van der Waals surface area contributed by atoms with E-state index >= 15 is 0 Å². The summed E-state index contributed by atoms with van der Waals surface area (Å²) in [5.74, 6) is 0.447.